The van der Waals surface area contributed by atoms with Crippen molar-refractivity contribution in [3.63, 3.8) is 0 Å². The number of nitrogens with zero attached hydrogens (tertiary/aromatic N) is 2. The first-order valence-corrected chi connectivity index (χ1v) is 9.28. The number of primary amides is 1. The predicted molar refractivity (Wildman–Crippen MR) is 104 cm³/mol. The summed E-state index contributed by atoms with van der Waals surface area (Å²) in [6.45, 7) is 10.6. The van der Waals surface area contributed by atoms with Gasteiger partial charge in [0.1, 0.15) is 5.82 Å². The molecular formula is C19H33N5O2. The van der Waals surface area contributed by atoms with Gasteiger partial charge in [-0.3, -0.25) is 4.79 Å². The van der Waals surface area contributed by atoms with Gasteiger partial charge in [0.2, 0.25) is 5.95 Å². The van der Waals surface area contributed by atoms with Crippen molar-refractivity contribution in [1.82, 2.24) is 9.97 Å². The zero-order chi connectivity index (χ0) is 19.5. The van der Waals surface area contributed by atoms with E-state index in [2.05, 4.69) is 55.2 Å². The molecule has 0 bridgehead atoms. The second-order valence-electron chi connectivity index (χ2n) is 8.67. The molecule has 1 aromatic heterocycles. The van der Waals surface area contributed by atoms with Gasteiger partial charge in [0.15, 0.2) is 0 Å². The minimum Gasteiger partial charge on any atom is -0.381 e. The Labute approximate surface area is 156 Å². The highest BCUT2D eigenvalue weighted by Crippen LogP contribution is 2.33. The summed E-state index contributed by atoms with van der Waals surface area (Å²) in [5.74, 6) is 0.452. The maximum Gasteiger partial charge on any atom is 0.254 e. The molecule has 7 nitrogen and oxygen atoms in total. The van der Waals surface area contributed by atoms with Crippen LogP contribution in [0.2, 0.25) is 0 Å². The lowest BCUT2D eigenvalue weighted by Crippen LogP contribution is -2.45. The number of hydrogen-bond donors (Lipinski definition) is 3. The molecule has 0 aromatic carbocycles. The number of amides is 1. The van der Waals surface area contributed by atoms with Gasteiger partial charge in [0.25, 0.3) is 5.91 Å². The summed E-state index contributed by atoms with van der Waals surface area (Å²) in [5.41, 5.74) is 5.48. The molecule has 0 unspecified atom stereocenters. The van der Waals surface area contributed by atoms with Crippen LogP contribution in [0, 0.1) is 5.41 Å². The van der Waals surface area contributed by atoms with Gasteiger partial charge < -0.3 is 21.1 Å². The van der Waals surface area contributed by atoms with E-state index in [9.17, 15) is 4.79 Å². The maximum absolute atomic E-state index is 11.8. The molecule has 1 saturated carbocycles. The summed E-state index contributed by atoms with van der Waals surface area (Å²) in [4.78, 5) is 20.6. The highest BCUT2D eigenvalue weighted by atomic mass is 16.5. The summed E-state index contributed by atoms with van der Waals surface area (Å²) in [7, 11) is 1.76. The van der Waals surface area contributed by atoms with E-state index in [-0.39, 0.29) is 11.0 Å². The van der Waals surface area contributed by atoms with Gasteiger partial charge in [-0.2, -0.15) is 4.98 Å². The molecule has 4 N–H and O–H groups in total. The van der Waals surface area contributed by atoms with Gasteiger partial charge in [0.05, 0.1) is 11.7 Å². The average molecular weight is 364 g/mol. The Kier molecular flexibility index (Phi) is 6.11. The predicted octanol–water partition coefficient (Wildman–Crippen LogP) is 3.18. The Morgan fingerprint density at radius 3 is 2.31 bits per heavy atom. The van der Waals surface area contributed by atoms with Gasteiger partial charge >= 0.3 is 0 Å². The van der Waals surface area contributed by atoms with Gasteiger partial charge in [0, 0.05) is 24.9 Å². The molecule has 0 radical (unpaired) electrons. The Morgan fingerprint density at radius 1 is 1.19 bits per heavy atom. The van der Waals surface area contributed by atoms with Gasteiger partial charge in [-0.1, -0.05) is 20.8 Å². The van der Waals surface area contributed by atoms with Gasteiger partial charge in [-0.05, 0) is 44.9 Å². The lowest BCUT2D eigenvalue weighted by Gasteiger charge is -2.40. The Balaban J connectivity index is 2.19. The third-order valence-corrected chi connectivity index (χ3v) is 5.70. The fraction of sp³-hybridized carbons (Fsp3) is 0.737. The van der Waals surface area contributed by atoms with Crippen molar-refractivity contribution in [2.24, 2.45) is 11.1 Å². The molecule has 1 amide bonds. The van der Waals surface area contributed by atoms with Gasteiger partial charge in [-0.15, -0.1) is 0 Å². The second kappa shape index (κ2) is 7.78. The molecule has 26 heavy (non-hydrogen) atoms. The number of methoxy groups -OCH3 is 1. The summed E-state index contributed by atoms with van der Waals surface area (Å²) >= 11 is 0. The van der Waals surface area contributed by atoms with Crippen LogP contribution < -0.4 is 16.4 Å². The van der Waals surface area contributed by atoms with Crippen molar-refractivity contribution in [2.45, 2.75) is 78.0 Å². The van der Waals surface area contributed by atoms with Crippen LogP contribution in [0.5, 0.6) is 0 Å². The van der Waals surface area contributed by atoms with E-state index in [4.69, 9.17) is 10.5 Å². The Morgan fingerprint density at radius 2 is 1.81 bits per heavy atom. The highest BCUT2D eigenvalue weighted by molar-refractivity contribution is 5.97. The lowest BCUT2D eigenvalue weighted by atomic mass is 9.76. The van der Waals surface area contributed by atoms with Crippen LogP contribution in [0.25, 0.3) is 0 Å². The summed E-state index contributed by atoms with van der Waals surface area (Å²) in [5, 5.41) is 6.78. The number of rotatable bonds is 6. The van der Waals surface area contributed by atoms with Crippen molar-refractivity contribution in [2.75, 3.05) is 17.7 Å². The number of nitrogens with two attached hydrogens (primary N) is 1. The zero-order valence-corrected chi connectivity index (χ0v) is 16.8. The quantitative estimate of drug-likeness (QED) is 0.717. The normalized spacial score (nSPS) is 21.3. The van der Waals surface area contributed by atoms with E-state index in [1.54, 1.807) is 7.11 Å². The molecule has 7 heteroatoms. The Bertz CT molecular complexity index is 631. The van der Waals surface area contributed by atoms with E-state index < -0.39 is 5.91 Å². The van der Waals surface area contributed by atoms with Crippen LogP contribution in [0.15, 0.2) is 6.20 Å². The highest BCUT2D eigenvalue weighted by Gasteiger charge is 2.34. The summed E-state index contributed by atoms with van der Waals surface area (Å²) in [6, 6.07) is 0.310. The zero-order valence-electron chi connectivity index (χ0n) is 16.8. The molecular weight excluding hydrogens is 330 g/mol. The van der Waals surface area contributed by atoms with Crippen molar-refractivity contribution in [3.8, 4) is 0 Å². The average Bonchev–Trinajstić information content (AvgIpc) is 2.54. The van der Waals surface area contributed by atoms with Crippen molar-refractivity contribution < 1.29 is 9.53 Å². The molecule has 1 heterocycles. The van der Waals surface area contributed by atoms with E-state index in [1.807, 2.05) is 0 Å². The number of nitrogens with one attached hydrogen (secondary N) is 2. The van der Waals surface area contributed by atoms with E-state index in [0.29, 0.717) is 29.5 Å². The number of carbonyl (C=O) groups is 1. The maximum atomic E-state index is 11.8. The third kappa shape index (κ3) is 4.84. The molecule has 1 aliphatic rings. The largest absolute Gasteiger partial charge is 0.381 e. The van der Waals surface area contributed by atoms with E-state index >= 15 is 0 Å². The van der Waals surface area contributed by atoms with Crippen LogP contribution in [0.4, 0.5) is 11.8 Å². The van der Waals surface area contributed by atoms with Crippen LogP contribution in [-0.4, -0.2) is 40.7 Å². The van der Waals surface area contributed by atoms with Crippen molar-refractivity contribution in [1.29, 1.82) is 0 Å². The molecule has 0 spiro atoms. The molecule has 0 atom stereocenters. The topological polar surface area (TPSA) is 102 Å². The fourth-order valence-corrected chi connectivity index (χ4v) is 2.84. The number of hydrogen-bond acceptors (Lipinski definition) is 6. The third-order valence-electron chi connectivity index (χ3n) is 5.70. The molecule has 2 rings (SSSR count). The van der Waals surface area contributed by atoms with Crippen LogP contribution in [0.1, 0.15) is 70.7 Å². The minimum absolute atomic E-state index is 0.0427. The van der Waals surface area contributed by atoms with E-state index in [0.717, 1.165) is 25.7 Å². The molecule has 1 fully saturated rings. The summed E-state index contributed by atoms with van der Waals surface area (Å²) < 4.78 is 5.42. The fourth-order valence-electron chi connectivity index (χ4n) is 2.84. The lowest BCUT2D eigenvalue weighted by molar-refractivity contribution is 0.0681. The first kappa shape index (κ1) is 20.4. The van der Waals surface area contributed by atoms with Gasteiger partial charge in [-0.25, -0.2) is 4.98 Å². The molecule has 0 saturated heterocycles. The first-order chi connectivity index (χ1) is 12.0. The summed E-state index contributed by atoms with van der Waals surface area (Å²) in [6.07, 6.45) is 5.91. The number of aromatic nitrogens is 2. The molecule has 1 aromatic rings. The van der Waals surface area contributed by atoms with Crippen LogP contribution in [-0.2, 0) is 4.74 Å². The molecule has 146 valence electrons. The van der Waals surface area contributed by atoms with Crippen LogP contribution in [0.3, 0.4) is 0 Å². The minimum atomic E-state index is -0.538. The second-order valence-corrected chi connectivity index (χ2v) is 8.67. The van der Waals surface area contributed by atoms with Crippen molar-refractivity contribution >= 4 is 17.7 Å². The van der Waals surface area contributed by atoms with Crippen molar-refractivity contribution in [3.05, 3.63) is 11.8 Å². The SMILES string of the molecule is CO[C@H]1CC[C@H](Nc2ncc(C(N)=O)c(NC(C)(C)C(C)(C)C)n2)CC1. The monoisotopic (exact) mass is 363 g/mol. The number of ether oxygens (including phenoxy) is 1. The number of anilines is 2. The molecule has 0 aliphatic heterocycles. The molecule has 1 aliphatic carbocycles. The Hall–Kier alpha value is -1.89. The van der Waals surface area contributed by atoms with E-state index in [1.165, 1.54) is 6.20 Å². The first-order valence-electron chi connectivity index (χ1n) is 9.28. The number of carbonyl (C=O) groups excluding carboxylic acids is 1. The van der Waals surface area contributed by atoms with Crippen LogP contribution >= 0.6 is 0 Å². The smallest absolute Gasteiger partial charge is 0.254 e. The standard InChI is InChI=1S/C19H33N5O2/c1-18(2,3)19(4,5)24-16-14(15(20)25)11-21-17(23-16)22-12-7-9-13(26-6)10-8-12/h11-13H,7-10H2,1-6H3,(H2,20,25)(H2,21,22,23,24)/t12-,13-.